The maximum Gasteiger partial charge on any atom is 0.311 e. The van der Waals surface area contributed by atoms with Crippen molar-refractivity contribution in [3.05, 3.63) is 35.4 Å². The third kappa shape index (κ3) is 6.30. The van der Waals surface area contributed by atoms with Crippen molar-refractivity contribution in [2.24, 2.45) is 5.92 Å². The smallest absolute Gasteiger partial charge is 0.311 e. The fraction of sp³-hybridized carbons (Fsp3) is 0.611. The molecule has 21 heavy (non-hydrogen) atoms. The zero-order chi connectivity index (χ0) is 15.8. The lowest BCUT2D eigenvalue weighted by molar-refractivity contribution is -0.156. The number of benzene rings is 1. The molecule has 0 heterocycles. The Bertz CT molecular complexity index is 421. The average molecular weight is 291 g/mol. The Labute approximate surface area is 129 Å². The van der Waals surface area contributed by atoms with E-state index in [-0.39, 0.29) is 12.2 Å². The average Bonchev–Trinajstić information content (AvgIpc) is 2.41. The molecule has 0 spiro atoms. The number of nitrogens with zero attached hydrogens (tertiary/aromatic N) is 1. The topological polar surface area (TPSA) is 29.5 Å². The van der Waals surface area contributed by atoms with E-state index in [4.69, 9.17) is 4.74 Å². The molecule has 0 aliphatic rings. The number of carbonyl (C=O) groups is 1. The molecule has 0 amide bonds. The molecule has 3 nitrogen and oxygen atoms in total. The van der Waals surface area contributed by atoms with Crippen molar-refractivity contribution in [1.29, 1.82) is 0 Å². The summed E-state index contributed by atoms with van der Waals surface area (Å²) >= 11 is 0. The van der Waals surface area contributed by atoms with Crippen LogP contribution in [0, 0.1) is 5.92 Å². The Kier molecular flexibility index (Phi) is 7.44. The number of hydrogen-bond acceptors (Lipinski definition) is 3. The van der Waals surface area contributed by atoms with Crippen LogP contribution in [-0.2, 0) is 22.4 Å². The number of hydrogen-bond donors (Lipinski definition) is 0. The zero-order valence-corrected chi connectivity index (χ0v) is 14.1. The zero-order valence-electron chi connectivity index (χ0n) is 14.1. The van der Waals surface area contributed by atoms with E-state index in [2.05, 4.69) is 44.7 Å². The molecule has 1 aromatic rings. The summed E-state index contributed by atoms with van der Waals surface area (Å²) in [4.78, 5) is 14.1. The highest BCUT2D eigenvalue weighted by molar-refractivity contribution is 5.72. The van der Waals surface area contributed by atoms with E-state index in [1.165, 1.54) is 5.56 Å². The van der Waals surface area contributed by atoms with Gasteiger partial charge in [-0.3, -0.25) is 9.69 Å². The summed E-state index contributed by atoms with van der Waals surface area (Å²) in [5, 5.41) is 0. The second-order valence-corrected chi connectivity index (χ2v) is 5.90. The van der Waals surface area contributed by atoms with Gasteiger partial charge in [-0.15, -0.1) is 0 Å². The predicted octanol–water partition coefficient (Wildman–Crippen LogP) is 3.66. The van der Waals surface area contributed by atoms with Crippen LogP contribution >= 0.6 is 0 Å². The van der Waals surface area contributed by atoms with E-state index >= 15 is 0 Å². The molecule has 0 aliphatic heterocycles. The molecule has 0 N–H and O–H groups in total. The lowest BCUT2D eigenvalue weighted by atomic mass is 10.0. The second-order valence-electron chi connectivity index (χ2n) is 5.90. The number of rotatable bonds is 8. The fourth-order valence-corrected chi connectivity index (χ4v) is 2.48. The van der Waals surface area contributed by atoms with Gasteiger partial charge >= 0.3 is 5.97 Å². The summed E-state index contributed by atoms with van der Waals surface area (Å²) in [5.74, 6) is 0.488. The van der Waals surface area contributed by atoms with Gasteiger partial charge in [0.25, 0.3) is 0 Å². The highest BCUT2D eigenvalue weighted by Crippen LogP contribution is 2.11. The standard InChI is InChI=1S/C18H29NO2/c1-6-19(7-2)15(5)21-18(20)13-17-10-8-16(9-11-17)12-14(3)4/h8-11,14-15H,6-7,12-13H2,1-5H3. The first-order valence-electron chi connectivity index (χ1n) is 7.97. The lowest BCUT2D eigenvalue weighted by Gasteiger charge is -2.25. The van der Waals surface area contributed by atoms with E-state index < -0.39 is 0 Å². The van der Waals surface area contributed by atoms with Crippen LogP contribution < -0.4 is 0 Å². The first-order chi connectivity index (χ1) is 9.96. The molecule has 1 rings (SSSR count). The Morgan fingerprint density at radius 2 is 1.57 bits per heavy atom. The molecule has 0 aliphatic carbocycles. The molecule has 3 heteroatoms. The van der Waals surface area contributed by atoms with Crippen LogP contribution in [0.15, 0.2) is 24.3 Å². The third-order valence-electron chi connectivity index (χ3n) is 3.64. The molecule has 0 bridgehead atoms. The van der Waals surface area contributed by atoms with Crippen LogP contribution in [0.5, 0.6) is 0 Å². The number of ether oxygens (including phenoxy) is 1. The van der Waals surface area contributed by atoms with Gasteiger partial charge in [0, 0.05) is 0 Å². The van der Waals surface area contributed by atoms with Gasteiger partial charge in [0.15, 0.2) is 6.23 Å². The summed E-state index contributed by atoms with van der Waals surface area (Å²) < 4.78 is 5.48. The molecule has 0 radical (unpaired) electrons. The minimum Gasteiger partial charge on any atom is -0.446 e. The van der Waals surface area contributed by atoms with E-state index in [1.807, 2.05) is 19.1 Å². The molecular formula is C18H29NO2. The first kappa shape index (κ1) is 17.7. The van der Waals surface area contributed by atoms with Gasteiger partial charge in [0.2, 0.25) is 0 Å². The summed E-state index contributed by atoms with van der Waals surface area (Å²) in [6, 6.07) is 8.27. The molecule has 1 aromatic carbocycles. The van der Waals surface area contributed by atoms with Gasteiger partial charge in [-0.05, 0) is 43.5 Å². The first-order valence-corrected chi connectivity index (χ1v) is 7.97. The molecule has 0 aromatic heterocycles. The van der Waals surface area contributed by atoms with Crippen LogP contribution in [0.4, 0.5) is 0 Å². The molecule has 1 atom stereocenters. The van der Waals surface area contributed by atoms with E-state index in [9.17, 15) is 4.79 Å². The number of esters is 1. The van der Waals surface area contributed by atoms with Gasteiger partial charge < -0.3 is 4.74 Å². The van der Waals surface area contributed by atoms with Crippen molar-refractivity contribution < 1.29 is 9.53 Å². The van der Waals surface area contributed by atoms with Crippen LogP contribution in [-0.4, -0.2) is 30.2 Å². The Morgan fingerprint density at radius 1 is 1.05 bits per heavy atom. The van der Waals surface area contributed by atoms with Crippen LogP contribution in [0.2, 0.25) is 0 Å². The van der Waals surface area contributed by atoms with Crippen molar-refractivity contribution in [1.82, 2.24) is 4.90 Å². The normalized spacial score (nSPS) is 12.7. The van der Waals surface area contributed by atoms with Gasteiger partial charge in [-0.2, -0.15) is 0 Å². The third-order valence-corrected chi connectivity index (χ3v) is 3.64. The van der Waals surface area contributed by atoms with E-state index in [0.29, 0.717) is 12.3 Å². The Balaban J connectivity index is 2.51. The molecule has 0 fully saturated rings. The summed E-state index contributed by atoms with van der Waals surface area (Å²) in [5.41, 5.74) is 2.33. The van der Waals surface area contributed by atoms with Gasteiger partial charge in [-0.25, -0.2) is 0 Å². The second kappa shape index (κ2) is 8.83. The minimum absolute atomic E-state index is 0.160. The summed E-state index contributed by atoms with van der Waals surface area (Å²) in [7, 11) is 0. The molecule has 1 unspecified atom stereocenters. The van der Waals surface area contributed by atoms with E-state index in [0.717, 1.165) is 25.1 Å². The van der Waals surface area contributed by atoms with Crippen molar-refractivity contribution in [2.75, 3.05) is 13.1 Å². The van der Waals surface area contributed by atoms with Crippen LogP contribution in [0.3, 0.4) is 0 Å². The molecule has 0 saturated heterocycles. The van der Waals surface area contributed by atoms with Crippen molar-refractivity contribution in [2.45, 2.75) is 53.7 Å². The van der Waals surface area contributed by atoms with E-state index in [1.54, 1.807) is 0 Å². The lowest BCUT2D eigenvalue weighted by Crippen LogP contribution is -2.36. The Morgan fingerprint density at radius 3 is 2.05 bits per heavy atom. The maximum absolute atomic E-state index is 12.0. The number of carbonyl (C=O) groups excluding carboxylic acids is 1. The molecular weight excluding hydrogens is 262 g/mol. The SMILES string of the molecule is CCN(CC)C(C)OC(=O)Cc1ccc(CC(C)C)cc1. The van der Waals surface area contributed by atoms with Crippen molar-refractivity contribution in [3.63, 3.8) is 0 Å². The van der Waals surface area contributed by atoms with Crippen LogP contribution in [0.25, 0.3) is 0 Å². The van der Waals surface area contributed by atoms with Crippen molar-refractivity contribution in [3.8, 4) is 0 Å². The quantitative estimate of drug-likeness (QED) is 0.541. The summed E-state index contributed by atoms with van der Waals surface area (Å²) in [6.07, 6.45) is 1.25. The Hall–Kier alpha value is -1.35. The highest BCUT2D eigenvalue weighted by Gasteiger charge is 2.15. The monoisotopic (exact) mass is 291 g/mol. The largest absolute Gasteiger partial charge is 0.446 e. The van der Waals surface area contributed by atoms with Crippen molar-refractivity contribution >= 4 is 5.97 Å². The highest BCUT2D eigenvalue weighted by atomic mass is 16.6. The summed E-state index contributed by atoms with van der Waals surface area (Å²) in [6.45, 7) is 12.3. The predicted molar refractivity (Wildman–Crippen MR) is 87.2 cm³/mol. The van der Waals surface area contributed by atoms with Gasteiger partial charge in [0.1, 0.15) is 0 Å². The molecule has 0 saturated carbocycles. The fourth-order valence-electron chi connectivity index (χ4n) is 2.48. The maximum atomic E-state index is 12.0. The van der Waals surface area contributed by atoms with Crippen LogP contribution in [0.1, 0.15) is 45.7 Å². The molecule has 118 valence electrons. The van der Waals surface area contributed by atoms with Gasteiger partial charge in [-0.1, -0.05) is 52.0 Å². The minimum atomic E-state index is -0.161. The van der Waals surface area contributed by atoms with Gasteiger partial charge in [0.05, 0.1) is 6.42 Å².